The van der Waals surface area contributed by atoms with Gasteiger partial charge in [-0.2, -0.15) is 13.1 Å². The van der Waals surface area contributed by atoms with Crippen molar-refractivity contribution in [3.8, 4) is 0 Å². The molecule has 36 heavy (non-hydrogen) atoms. The van der Waals surface area contributed by atoms with Crippen molar-refractivity contribution in [2.75, 3.05) is 6.54 Å². The number of aromatic nitrogens is 3. The van der Waals surface area contributed by atoms with E-state index in [1.807, 2.05) is 62.4 Å². The summed E-state index contributed by atoms with van der Waals surface area (Å²) >= 11 is 0.987. The first kappa shape index (κ1) is 24.3. The van der Waals surface area contributed by atoms with Gasteiger partial charge in [-0.05, 0) is 61.6 Å². The molecule has 0 unspecified atom stereocenters. The van der Waals surface area contributed by atoms with Crippen LogP contribution in [-0.4, -0.2) is 33.0 Å². The van der Waals surface area contributed by atoms with E-state index in [1.165, 1.54) is 4.31 Å². The Bertz CT molecular complexity index is 1740. The Balaban J connectivity index is 1.62. The van der Waals surface area contributed by atoms with Crippen LogP contribution in [-0.2, 0) is 23.0 Å². The van der Waals surface area contributed by atoms with Crippen LogP contribution in [0.15, 0.2) is 70.4 Å². The van der Waals surface area contributed by atoms with Gasteiger partial charge in [0, 0.05) is 24.0 Å². The Morgan fingerprint density at radius 3 is 2.42 bits per heavy atom. The predicted octanol–water partition coefficient (Wildman–Crippen LogP) is 4.89. The second-order valence-corrected chi connectivity index (χ2v) is 11.4. The van der Waals surface area contributed by atoms with Crippen LogP contribution in [0.4, 0.5) is 0 Å². The molecule has 7 nitrogen and oxygen atoms in total. The number of benzene rings is 3. The van der Waals surface area contributed by atoms with Gasteiger partial charge in [-0.1, -0.05) is 48.5 Å². The molecule has 0 atom stereocenters. The zero-order valence-electron chi connectivity index (χ0n) is 20.3. The monoisotopic (exact) mass is 518 g/mol. The highest BCUT2D eigenvalue weighted by Gasteiger charge is 2.30. The zero-order valence-corrected chi connectivity index (χ0v) is 21.9. The van der Waals surface area contributed by atoms with Crippen molar-refractivity contribution in [2.24, 2.45) is 0 Å². The van der Waals surface area contributed by atoms with Crippen LogP contribution in [0.5, 0.6) is 0 Å². The molecule has 184 valence electrons. The Hall–Kier alpha value is -3.40. The molecule has 2 aromatic heterocycles. The lowest BCUT2D eigenvalue weighted by Crippen LogP contribution is -2.35. The minimum absolute atomic E-state index is 0.0543. The third kappa shape index (κ3) is 4.45. The van der Waals surface area contributed by atoms with E-state index in [1.54, 1.807) is 19.1 Å². The molecule has 0 aliphatic heterocycles. The van der Waals surface area contributed by atoms with E-state index in [2.05, 4.69) is 13.7 Å². The fraction of sp³-hybridized carbons (Fsp3) is 0.222. The molecule has 0 saturated carbocycles. The van der Waals surface area contributed by atoms with E-state index in [4.69, 9.17) is 0 Å². The molecule has 0 fully saturated rings. The molecule has 5 rings (SSSR count). The van der Waals surface area contributed by atoms with Crippen molar-refractivity contribution in [3.63, 3.8) is 0 Å². The van der Waals surface area contributed by atoms with Crippen LogP contribution < -0.4 is 5.56 Å². The van der Waals surface area contributed by atoms with Gasteiger partial charge >= 0.3 is 0 Å². The van der Waals surface area contributed by atoms with Crippen molar-refractivity contribution < 1.29 is 8.42 Å². The summed E-state index contributed by atoms with van der Waals surface area (Å²) < 4.78 is 38.2. The maximum atomic E-state index is 14.1. The van der Waals surface area contributed by atoms with Crippen LogP contribution in [0.1, 0.15) is 27.8 Å². The largest absolute Gasteiger partial charge is 0.321 e. The van der Waals surface area contributed by atoms with Crippen LogP contribution in [0.2, 0.25) is 0 Å². The normalized spacial score (nSPS) is 12.1. The molecule has 0 aliphatic rings. The predicted molar refractivity (Wildman–Crippen MR) is 144 cm³/mol. The summed E-state index contributed by atoms with van der Waals surface area (Å²) in [5, 5.41) is 0.909. The molecule has 0 spiro atoms. The van der Waals surface area contributed by atoms with Gasteiger partial charge < -0.3 is 4.98 Å². The number of fused-ring (bicyclic) bond motifs is 2. The van der Waals surface area contributed by atoms with Gasteiger partial charge in [0.15, 0.2) is 0 Å². The number of pyridine rings is 1. The Labute approximate surface area is 213 Å². The van der Waals surface area contributed by atoms with Crippen LogP contribution >= 0.6 is 11.7 Å². The van der Waals surface area contributed by atoms with Crippen molar-refractivity contribution in [2.45, 2.75) is 38.6 Å². The SMILES string of the molecule is Cc1ccc2nsnc2c1S(=O)(=O)N(CCc1ccccc1)Cc1cc2c(C)ccc(C)c2[nH]c1=O. The number of hydrogen-bond donors (Lipinski definition) is 1. The van der Waals surface area contributed by atoms with Gasteiger partial charge in [-0.15, -0.1) is 0 Å². The van der Waals surface area contributed by atoms with Crippen molar-refractivity contribution in [1.82, 2.24) is 18.0 Å². The second kappa shape index (κ2) is 9.57. The Kier molecular flexibility index (Phi) is 6.46. The standard InChI is InChI=1S/C27H26N4O3S2/c1-17-9-10-18(2)24-22(17)15-21(27(32)28-24)16-31(14-13-20-7-5-4-6-8-20)36(33,34)26-19(3)11-12-23-25(26)30-35-29-23/h4-12,15H,13-14,16H2,1-3H3,(H,28,32). The van der Waals surface area contributed by atoms with Gasteiger partial charge in [0.1, 0.15) is 15.9 Å². The number of aromatic amines is 1. The van der Waals surface area contributed by atoms with E-state index in [-0.39, 0.29) is 23.5 Å². The fourth-order valence-electron chi connectivity index (χ4n) is 4.49. The van der Waals surface area contributed by atoms with Crippen LogP contribution in [0.3, 0.4) is 0 Å². The van der Waals surface area contributed by atoms with Gasteiger partial charge in [-0.25, -0.2) is 8.42 Å². The van der Waals surface area contributed by atoms with Gasteiger partial charge in [0.2, 0.25) is 10.0 Å². The number of hydrogen-bond acceptors (Lipinski definition) is 6. The summed E-state index contributed by atoms with van der Waals surface area (Å²) in [6.07, 6.45) is 0.508. The van der Waals surface area contributed by atoms with E-state index in [0.717, 1.165) is 39.3 Å². The summed E-state index contributed by atoms with van der Waals surface area (Å²) in [6.45, 7) is 5.84. The lowest BCUT2D eigenvalue weighted by Gasteiger charge is -2.23. The zero-order chi connectivity index (χ0) is 25.4. The molecular weight excluding hydrogens is 492 g/mol. The first-order chi connectivity index (χ1) is 17.3. The van der Waals surface area contributed by atoms with Crippen molar-refractivity contribution in [3.05, 3.63) is 98.8 Å². The summed E-state index contributed by atoms with van der Waals surface area (Å²) in [6, 6.07) is 19.0. The molecule has 0 bridgehead atoms. The molecule has 0 amide bonds. The van der Waals surface area contributed by atoms with Crippen molar-refractivity contribution in [1.29, 1.82) is 0 Å². The molecule has 5 aromatic rings. The molecule has 9 heteroatoms. The topological polar surface area (TPSA) is 96.0 Å². The smallest absolute Gasteiger partial charge is 0.252 e. The highest BCUT2D eigenvalue weighted by Crippen LogP contribution is 2.29. The summed E-state index contributed by atoms with van der Waals surface area (Å²) in [5.74, 6) is 0. The third-order valence-electron chi connectivity index (χ3n) is 6.54. The summed E-state index contributed by atoms with van der Waals surface area (Å²) in [7, 11) is -4.00. The van der Waals surface area contributed by atoms with E-state index < -0.39 is 10.0 Å². The van der Waals surface area contributed by atoms with Crippen LogP contribution in [0.25, 0.3) is 21.9 Å². The number of aryl methyl sites for hydroxylation is 3. The second-order valence-electron chi connectivity index (χ2n) is 9.03. The van der Waals surface area contributed by atoms with Gasteiger partial charge in [-0.3, -0.25) is 4.79 Å². The number of H-pyrrole nitrogens is 1. The first-order valence-electron chi connectivity index (χ1n) is 11.6. The van der Waals surface area contributed by atoms with Gasteiger partial charge in [0.25, 0.3) is 5.56 Å². The highest BCUT2D eigenvalue weighted by molar-refractivity contribution is 7.89. The average molecular weight is 519 g/mol. The summed E-state index contributed by atoms with van der Waals surface area (Å²) in [4.78, 5) is 16.2. The molecule has 0 saturated heterocycles. The lowest BCUT2D eigenvalue weighted by molar-refractivity contribution is 0.408. The average Bonchev–Trinajstić information content (AvgIpc) is 3.33. The number of rotatable bonds is 7. The molecule has 2 heterocycles. The number of sulfonamides is 1. The van der Waals surface area contributed by atoms with E-state index in [0.29, 0.717) is 28.6 Å². The Morgan fingerprint density at radius 1 is 0.917 bits per heavy atom. The van der Waals surface area contributed by atoms with Gasteiger partial charge in [0.05, 0.1) is 17.2 Å². The molecule has 0 aliphatic carbocycles. The minimum atomic E-state index is -4.00. The lowest BCUT2D eigenvalue weighted by atomic mass is 10.0. The number of nitrogens with zero attached hydrogens (tertiary/aromatic N) is 3. The van der Waals surface area contributed by atoms with E-state index in [9.17, 15) is 13.2 Å². The third-order valence-corrected chi connectivity index (χ3v) is 9.10. The quantitative estimate of drug-likeness (QED) is 0.331. The minimum Gasteiger partial charge on any atom is -0.321 e. The molecule has 3 aromatic carbocycles. The fourth-order valence-corrected chi connectivity index (χ4v) is 6.86. The molecule has 1 N–H and O–H groups in total. The first-order valence-corrected chi connectivity index (χ1v) is 13.8. The Morgan fingerprint density at radius 2 is 1.64 bits per heavy atom. The maximum absolute atomic E-state index is 14.1. The highest BCUT2D eigenvalue weighted by atomic mass is 32.2. The van der Waals surface area contributed by atoms with Crippen molar-refractivity contribution >= 4 is 43.7 Å². The maximum Gasteiger partial charge on any atom is 0.252 e. The number of nitrogens with one attached hydrogen (secondary N) is 1. The molecular formula is C27H26N4O3S2. The van der Waals surface area contributed by atoms with E-state index >= 15 is 0 Å². The molecule has 0 radical (unpaired) electrons. The summed E-state index contributed by atoms with van der Waals surface area (Å²) in [5.41, 5.74) is 5.38. The van der Waals surface area contributed by atoms with Crippen LogP contribution in [0, 0.1) is 20.8 Å².